The lowest BCUT2D eigenvalue weighted by molar-refractivity contribution is -0.869. The molecule has 0 aromatic carbocycles. The van der Waals surface area contributed by atoms with Crippen molar-refractivity contribution in [2.45, 2.75) is 12.2 Å². The van der Waals surface area contributed by atoms with Gasteiger partial charge < -0.3 is 4.48 Å². The van der Waals surface area contributed by atoms with Crippen molar-refractivity contribution in [3.8, 4) is 0 Å². The van der Waals surface area contributed by atoms with Crippen LogP contribution in [0.4, 0.5) is 0 Å². The molecule has 0 radical (unpaired) electrons. The van der Waals surface area contributed by atoms with Crippen LogP contribution >= 0.6 is 11.8 Å². The zero-order valence-electron chi connectivity index (χ0n) is 8.05. The molecule has 0 spiro atoms. The fourth-order valence-corrected chi connectivity index (χ4v) is 1.79. The molecule has 0 aromatic heterocycles. The van der Waals surface area contributed by atoms with E-state index in [2.05, 4.69) is 21.1 Å². The van der Waals surface area contributed by atoms with E-state index < -0.39 is 0 Å². The summed E-state index contributed by atoms with van der Waals surface area (Å²) in [4.78, 5) is 11.0. The third kappa shape index (κ3) is 5.27. The number of rotatable bonds is 4. The zero-order valence-corrected chi connectivity index (χ0v) is 8.86. The number of Topliss-reactive ketones (excluding diaryl/α,β-unsaturated/α-hetero) is 1. The van der Waals surface area contributed by atoms with Crippen LogP contribution in [0.3, 0.4) is 0 Å². The molecule has 0 amide bonds. The molecule has 0 aliphatic carbocycles. The third-order valence-corrected chi connectivity index (χ3v) is 2.50. The molecule has 0 aliphatic rings. The molecule has 66 valence electrons. The molecule has 3 heteroatoms. The molecule has 1 unspecified atom stereocenters. The number of hydrogen-bond donors (Lipinski definition) is 0. The molecule has 2 nitrogen and oxygen atoms in total. The Bertz CT molecular complexity index is 140. The molecule has 11 heavy (non-hydrogen) atoms. The highest BCUT2D eigenvalue weighted by molar-refractivity contribution is 7.99. The first-order valence-corrected chi connectivity index (χ1v) is 4.99. The number of carbonyl (C=O) groups excluding carboxylic acids is 1. The van der Waals surface area contributed by atoms with Gasteiger partial charge in [0.15, 0.2) is 0 Å². The van der Waals surface area contributed by atoms with Gasteiger partial charge in [-0.05, 0) is 13.2 Å². The Hall–Kier alpha value is -0.0200. The van der Waals surface area contributed by atoms with Gasteiger partial charge in [-0.1, -0.05) is 0 Å². The number of ketones is 1. The predicted octanol–water partition coefficient (Wildman–Crippen LogP) is 1.01. The van der Waals surface area contributed by atoms with Crippen molar-refractivity contribution in [1.29, 1.82) is 0 Å². The minimum absolute atomic E-state index is 0.162. The molecule has 0 saturated carbocycles. The second-order valence-corrected chi connectivity index (χ2v) is 4.85. The number of quaternary nitrogens is 1. The first-order valence-electron chi connectivity index (χ1n) is 3.70. The minimum atomic E-state index is 0.162. The van der Waals surface area contributed by atoms with Crippen LogP contribution in [0.2, 0.25) is 0 Å². The highest BCUT2D eigenvalue weighted by Crippen LogP contribution is 2.10. The van der Waals surface area contributed by atoms with Crippen molar-refractivity contribution >= 4 is 17.5 Å². The summed E-state index contributed by atoms with van der Waals surface area (Å²) in [5, 5.41) is 0.162. The average molecular weight is 176 g/mol. The highest BCUT2D eigenvalue weighted by atomic mass is 32.2. The Morgan fingerprint density at radius 1 is 1.45 bits per heavy atom. The smallest absolute Gasteiger partial charge is 0.148 e. The molecule has 0 aliphatic heterocycles. The molecule has 1 atom stereocenters. The zero-order chi connectivity index (χ0) is 9.07. The topological polar surface area (TPSA) is 17.1 Å². The van der Waals surface area contributed by atoms with E-state index in [9.17, 15) is 4.79 Å². The van der Waals surface area contributed by atoms with Crippen LogP contribution in [-0.4, -0.2) is 49.5 Å². The molecular formula is C8H18NOS+. The number of hydrogen-bond acceptors (Lipinski definition) is 2. The standard InChI is InChI=1S/C8H18NOS/c1-7(10)8(11-5)6-9(2,3)4/h8H,6H2,1-5H3/q+1. The maximum absolute atomic E-state index is 11.0. The molecule has 0 aromatic rings. The van der Waals surface area contributed by atoms with Crippen molar-refractivity contribution in [3.05, 3.63) is 0 Å². The van der Waals surface area contributed by atoms with E-state index in [1.807, 2.05) is 6.26 Å². The number of thioether (sulfide) groups is 1. The summed E-state index contributed by atoms with van der Waals surface area (Å²) in [7, 11) is 6.31. The summed E-state index contributed by atoms with van der Waals surface area (Å²) >= 11 is 1.64. The molecule has 0 saturated heterocycles. The Morgan fingerprint density at radius 2 is 1.91 bits per heavy atom. The van der Waals surface area contributed by atoms with Crippen LogP contribution in [0, 0.1) is 0 Å². The fraction of sp³-hybridized carbons (Fsp3) is 0.875. The highest BCUT2D eigenvalue weighted by Gasteiger charge is 2.20. The lowest BCUT2D eigenvalue weighted by Crippen LogP contribution is -2.42. The second kappa shape index (κ2) is 4.12. The third-order valence-electron chi connectivity index (χ3n) is 1.45. The Labute approximate surface area is 73.5 Å². The van der Waals surface area contributed by atoms with Gasteiger partial charge in [0.1, 0.15) is 11.0 Å². The fourth-order valence-electron chi connectivity index (χ4n) is 0.867. The van der Waals surface area contributed by atoms with Gasteiger partial charge in [0.2, 0.25) is 0 Å². The Kier molecular flexibility index (Phi) is 4.11. The number of nitrogens with zero attached hydrogens (tertiary/aromatic N) is 1. The molecule has 0 rings (SSSR count). The lowest BCUT2D eigenvalue weighted by Gasteiger charge is -2.27. The van der Waals surface area contributed by atoms with E-state index in [4.69, 9.17) is 0 Å². The largest absolute Gasteiger partial charge is 0.330 e. The molecule has 0 heterocycles. The van der Waals surface area contributed by atoms with Crippen LogP contribution in [0.25, 0.3) is 0 Å². The average Bonchev–Trinajstić information content (AvgIpc) is 1.80. The van der Waals surface area contributed by atoms with Gasteiger partial charge in [0.05, 0.1) is 27.7 Å². The van der Waals surface area contributed by atoms with E-state index in [1.165, 1.54) is 0 Å². The maximum Gasteiger partial charge on any atom is 0.148 e. The normalized spacial score (nSPS) is 14.6. The van der Waals surface area contributed by atoms with Gasteiger partial charge >= 0.3 is 0 Å². The van der Waals surface area contributed by atoms with E-state index in [0.717, 1.165) is 11.0 Å². The number of carbonyl (C=O) groups is 1. The molecule has 0 bridgehead atoms. The van der Waals surface area contributed by atoms with E-state index in [0.29, 0.717) is 0 Å². The van der Waals surface area contributed by atoms with Gasteiger partial charge in [0, 0.05) is 0 Å². The van der Waals surface area contributed by atoms with Crippen LogP contribution in [-0.2, 0) is 4.79 Å². The Morgan fingerprint density at radius 3 is 2.00 bits per heavy atom. The van der Waals surface area contributed by atoms with Gasteiger partial charge in [-0.3, -0.25) is 4.79 Å². The second-order valence-electron chi connectivity index (χ2n) is 3.81. The summed E-state index contributed by atoms with van der Waals surface area (Å²) in [6, 6.07) is 0. The van der Waals surface area contributed by atoms with Gasteiger partial charge in [-0.2, -0.15) is 0 Å². The van der Waals surface area contributed by atoms with Crippen LogP contribution in [0.1, 0.15) is 6.92 Å². The van der Waals surface area contributed by atoms with E-state index >= 15 is 0 Å². The molecular weight excluding hydrogens is 158 g/mol. The van der Waals surface area contributed by atoms with Crippen molar-refractivity contribution in [3.63, 3.8) is 0 Å². The van der Waals surface area contributed by atoms with E-state index in [-0.39, 0.29) is 11.0 Å². The molecule has 0 fully saturated rings. The van der Waals surface area contributed by atoms with Gasteiger partial charge in [-0.15, -0.1) is 11.8 Å². The summed E-state index contributed by atoms with van der Waals surface area (Å²) in [5.41, 5.74) is 0. The first-order chi connectivity index (χ1) is 4.87. The van der Waals surface area contributed by atoms with Crippen molar-refractivity contribution in [2.24, 2.45) is 0 Å². The van der Waals surface area contributed by atoms with E-state index in [1.54, 1.807) is 18.7 Å². The monoisotopic (exact) mass is 176 g/mol. The lowest BCUT2D eigenvalue weighted by atomic mass is 10.3. The summed E-state index contributed by atoms with van der Waals surface area (Å²) in [6.07, 6.45) is 1.99. The summed E-state index contributed by atoms with van der Waals surface area (Å²) in [6.45, 7) is 2.58. The van der Waals surface area contributed by atoms with Crippen molar-refractivity contribution in [1.82, 2.24) is 0 Å². The maximum atomic E-state index is 11.0. The summed E-state index contributed by atoms with van der Waals surface area (Å²) in [5.74, 6) is 0.283. The SMILES string of the molecule is CSC(C[N+](C)(C)C)C(C)=O. The minimum Gasteiger partial charge on any atom is -0.330 e. The van der Waals surface area contributed by atoms with Crippen LogP contribution in [0.15, 0.2) is 0 Å². The van der Waals surface area contributed by atoms with Crippen LogP contribution in [0.5, 0.6) is 0 Å². The van der Waals surface area contributed by atoms with Crippen molar-refractivity contribution in [2.75, 3.05) is 33.9 Å². The quantitative estimate of drug-likeness (QED) is 0.595. The van der Waals surface area contributed by atoms with Gasteiger partial charge in [-0.25, -0.2) is 0 Å². The Balaban J connectivity index is 3.99. The van der Waals surface area contributed by atoms with Crippen molar-refractivity contribution < 1.29 is 9.28 Å². The first kappa shape index (κ1) is 11.0. The molecule has 0 N–H and O–H groups in total. The van der Waals surface area contributed by atoms with Gasteiger partial charge in [0.25, 0.3) is 0 Å². The van der Waals surface area contributed by atoms with Crippen LogP contribution < -0.4 is 0 Å². The predicted molar refractivity (Wildman–Crippen MR) is 50.9 cm³/mol. The summed E-state index contributed by atoms with van der Waals surface area (Å²) < 4.78 is 0.852.